The van der Waals surface area contributed by atoms with Gasteiger partial charge in [0, 0.05) is 4.47 Å². The molecule has 1 N–H and O–H groups in total. The number of nitrogens with one attached hydrogen (secondary N) is 1. The molecule has 0 aliphatic rings. The second-order valence-corrected chi connectivity index (χ2v) is 4.00. The van der Waals surface area contributed by atoms with Crippen LogP contribution in [0.5, 0.6) is 0 Å². The maximum atomic E-state index is 11.9. The summed E-state index contributed by atoms with van der Waals surface area (Å²) in [6.45, 7) is 1.66. The van der Waals surface area contributed by atoms with E-state index in [0.717, 1.165) is 10.0 Å². The fraction of sp³-hybridized carbons (Fsp3) is 0.300. The van der Waals surface area contributed by atoms with E-state index < -0.39 is 18.4 Å². The molecule has 1 aromatic rings. The van der Waals surface area contributed by atoms with E-state index in [0.29, 0.717) is 0 Å². The van der Waals surface area contributed by atoms with Gasteiger partial charge in [-0.15, -0.1) is 0 Å². The first kappa shape index (κ1) is 12.1. The first-order valence-electron chi connectivity index (χ1n) is 4.34. The summed E-state index contributed by atoms with van der Waals surface area (Å²) in [4.78, 5) is 10.7. The van der Waals surface area contributed by atoms with Gasteiger partial charge in [0.1, 0.15) is 0 Å². The third kappa shape index (κ3) is 3.58. The molecule has 1 amide bonds. The van der Waals surface area contributed by atoms with Gasteiger partial charge in [0.15, 0.2) is 0 Å². The molecule has 0 spiro atoms. The van der Waals surface area contributed by atoms with Crippen molar-refractivity contribution in [2.24, 2.45) is 0 Å². The summed E-state index contributed by atoms with van der Waals surface area (Å²) in [7, 11) is 0. The average molecular weight is 278 g/mol. The Morgan fingerprint density at radius 1 is 1.33 bits per heavy atom. The van der Waals surface area contributed by atoms with Crippen molar-refractivity contribution in [1.29, 1.82) is 0 Å². The van der Waals surface area contributed by atoms with Gasteiger partial charge in [-0.3, -0.25) is 4.79 Å². The average Bonchev–Trinajstić information content (AvgIpc) is 2.18. The van der Waals surface area contributed by atoms with Crippen LogP contribution in [0.1, 0.15) is 18.5 Å². The molecule has 15 heavy (non-hydrogen) atoms. The zero-order valence-corrected chi connectivity index (χ0v) is 9.59. The second kappa shape index (κ2) is 5.21. The summed E-state index contributed by atoms with van der Waals surface area (Å²) in [5.41, 5.74) is 0.784. The van der Waals surface area contributed by atoms with Crippen molar-refractivity contribution in [2.75, 3.05) is 0 Å². The molecule has 0 bridgehead atoms. The summed E-state index contributed by atoms with van der Waals surface area (Å²) in [6, 6.07) is 6.70. The maximum Gasteiger partial charge on any atom is 0.315 e. The lowest BCUT2D eigenvalue weighted by atomic mass is 10.1. The number of rotatable bonds is 3. The van der Waals surface area contributed by atoms with Gasteiger partial charge in [0.25, 0.3) is 5.91 Å². The predicted molar refractivity (Wildman–Crippen MR) is 56.7 cm³/mol. The molecule has 1 rings (SSSR count). The number of carbonyl (C=O) groups is 1. The SMILES string of the molecule is C[C@H](NC(=O)C(F)F)c1ccc(Br)cc1. The van der Waals surface area contributed by atoms with Crippen molar-refractivity contribution < 1.29 is 13.6 Å². The fourth-order valence-electron chi connectivity index (χ4n) is 1.11. The normalized spacial score (nSPS) is 12.6. The largest absolute Gasteiger partial charge is 0.345 e. The topological polar surface area (TPSA) is 29.1 Å². The second-order valence-electron chi connectivity index (χ2n) is 3.08. The number of benzene rings is 1. The van der Waals surface area contributed by atoms with Crippen LogP contribution < -0.4 is 5.32 Å². The van der Waals surface area contributed by atoms with Crippen LogP contribution in [0.25, 0.3) is 0 Å². The van der Waals surface area contributed by atoms with Crippen molar-refractivity contribution >= 4 is 21.8 Å². The van der Waals surface area contributed by atoms with Crippen molar-refractivity contribution in [1.82, 2.24) is 5.32 Å². The molecule has 1 aromatic carbocycles. The minimum Gasteiger partial charge on any atom is -0.345 e. The Morgan fingerprint density at radius 2 is 1.87 bits per heavy atom. The highest BCUT2D eigenvalue weighted by Crippen LogP contribution is 2.16. The zero-order valence-electron chi connectivity index (χ0n) is 8.01. The Balaban J connectivity index is 2.65. The van der Waals surface area contributed by atoms with Crippen LogP contribution in [0, 0.1) is 0 Å². The monoisotopic (exact) mass is 277 g/mol. The van der Waals surface area contributed by atoms with E-state index in [1.54, 1.807) is 31.2 Å². The van der Waals surface area contributed by atoms with Gasteiger partial charge >= 0.3 is 6.43 Å². The van der Waals surface area contributed by atoms with Crippen LogP contribution in [-0.2, 0) is 4.79 Å². The number of amides is 1. The highest BCUT2D eigenvalue weighted by Gasteiger charge is 2.17. The van der Waals surface area contributed by atoms with E-state index in [4.69, 9.17) is 0 Å². The third-order valence-corrected chi connectivity index (χ3v) is 2.46. The standard InChI is InChI=1S/C10H10BrF2NO/c1-6(14-10(15)9(12)13)7-2-4-8(11)5-3-7/h2-6,9H,1H3,(H,14,15)/t6-/m0/s1. The lowest BCUT2D eigenvalue weighted by molar-refractivity contribution is -0.132. The summed E-state index contributed by atoms with van der Waals surface area (Å²) >= 11 is 3.26. The first-order valence-corrected chi connectivity index (χ1v) is 5.14. The van der Waals surface area contributed by atoms with Gasteiger partial charge in [0.05, 0.1) is 6.04 Å². The minimum atomic E-state index is -2.97. The van der Waals surface area contributed by atoms with Crippen molar-refractivity contribution in [3.8, 4) is 0 Å². The summed E-state index contributed by atoms with van der Waals surface area (Å²) in [5, 5.41) is 2.21. The van der Waals surface area contributed by atoms with E-state index >= 15 is 0 Å². The van der Waals surface area contributed by atoms with E-state index in [9.17, 15) is 13.6 Å². The van der Waals surface area contributed by atoms with Gasteiger partial charge in [-0.2, -0.15) is 8.78 Å². The number of halogens is 3. The van der Waals surface area contributed by atoms with Crippen LogP contribution in [0.15, 0.2) is 28.7 Å². The molecule has 1 atom stereocenters. The van der Waals surface area contributed by atoms with E-state index in [1.165, 1.54) is 0 Å². The van der Waals surface area contributed by atoms with Crippen LogP contribution in [0.4, 0.5) is 8.78 Å². The Bertz CT molecular complexity index is 340. The number of carbonyl (C=O) groups excluding carboxylic acids is 1. The molecule has 0 aliphatic heterocycles. The Kier molecular flexibility index (Phi) is 4.20. The van der Waals surface area contributed by atoms with E-state index in [-0.39, 0.29) is 0 Å². The van der Waals surface area contributed by atoms with Gasteiger partial charge < -0.3 is 5.32 Å². The van der Waals surface area contributed by atoms with Gasteiger partial charge in [-0.1, -0.05) is 28.1 Å². The van der Waals surface area contributed by atoms with Gasteiger partial charge in [-0.25, -0.2) is 0 Å². The Hall–Kier alpha value is -0.970. The quantitative estimate of drug-likeness (QED) is 0.905. The molecule has 5 heteroatoms. The fourth-order valence-corrected chi connectivity index (χ4v) is 1.38. The van der Waals surface area contributed by atoms with Gasteiger partial charge in [-0.05, 0) is 24.6 Å². The zero-order chi connectivity index (χ0) is 11.4. The molecule has 0 radical (unpaired) electrons. The molecule has 2 nitrogen and oxygen atoms in total. The van der Waals surface area contributed by atoms with Crippen LogP contribution >= 0.6 is 15.9 Å². The summed E-state index contributed by atoms with van der Waals surface area (Å²) in [5.74, 6) is -1.24. The van der Waals surface area contributed by atoms with E-state index in [1.807, 2.05) is 0 Å². The molecular weight excluding hydrogens is 268 g/mol. The van der Waals surface area contributed by atoms with Gasteiger partial charge in [0.2, 0.25) is 0 Å². The van der Waals surface area contributed by atoms with Crippen LogP contribution in [-0.4, -0.2) is 12.3 Å². The van der Waals surface area contributed by atoms with Crippen molar-refractivity contribution in [3.63, 3.8) is 0 Å². The van der Waals surface area contributed by atoms with Crippen molar-refractivity contribution in [2.45, 2.75) is 19.4 Å². The van der Waals surface area contributed by atoms with Crippen LogP contribution in [0.2, 0.25) is 0 Å². The number of hydrogen-bond donors (Lipinski definition) is 1. The maximum absolute atomic E-state index is 11.9. The number of alkyl halides is 2. The predicted octanol–water partition coefficient (Wildman–Crippen LogP) is 2.89. The Labute approximate surface area is 94.8 Å². The highest BCUT2D eigenvalue weighted by molar-refractivity contribution is 9.10. The third-order valence-electron chi connectivity index (χ3n) is 1.93. The van der Waals surface area contributed by atoms with E-state index in [2.05, 4.69) is 21.2 Å². The molecule has 0 aliphatic carbocycles. The molecule has 0 unspecified atom stereocenters. The molecule has 0 saturated carbocycles. The summed E-state index contributed by atoms with van der Waals surface area (Å²) in [6.07, 6.45) is -2.97. The van der Waals surface area contributed by atoms with Crippen molar-refractivity contribution in [3.05, 3.63) is 34.3 Å². The molecule has 0 saturated heterocycles. The smallest absolute Gasteiger partial charge is 0.315 e. The lowest BCUT2D eigenvalue weighted by Gasteiger charge is -2.13. The molecule has 0 heterocycles. The number of hydrogen-bond acceptors (Lipinski definition) is 1. The summed E-state index contributed by atoms with van der Waals surface area (Å²) < 4.78 is 24.8. The van der Waals surface area contributed by atoms with Crippen LogP contribution in [0.3, 0.4) is 0 Å². The molecule has 0 aromatic heterocycles. The first-order chi connectivity index (χ1) is 7.00. The Morgan fingerprint density at radius 3 is 2.33 bits per heavy atom. The molecule has 82 valence electrons. The molecular formula is C10H10BrF2NO. The lowest BCUT2D eigenvalue weighted by Crippen LogP contribution is -2.31. The molecule has 0 fully saturated rings. The highest BCUT2D eigenvalue weighted by atomic mass is 79.9. The minimum absolute atomic E-state index is 0.417.